The molecule has 194 valence electrons. The lowest BCUT2D eigenvalue weighted by atomic mass is 10.1. The largest absolute Gasteiger partial charge is 0.465 e. The number of oxazole rings is 2. The van der Waals surface area contributed by atoms with Gasteiger partial charge in [-0.3, -0.25) is 9.59 Å². The van der Waals surface area contributed by atoms with Gasteiger partial charge in [0, 0.05) is 12.1 Å². The number of aromatic nitrogens is 2. The molecule has 0 aliphatic rings. The number of ether oxygens (including phenoxy) is 1. The van der Waals surface area contributed by atoms with E-state index in [4.69, 9.17) is 22.4 Å². The lowest BCUT2D eigenvalue weighted by Gasteiger charge is -2.07. The van der Waals surface area contributed by atoms with Crippen molar-refractivity contribution in [2.75, 3.05) is 11.9 Å². The van der Waals surface area contributed by atoms with Gasteiger partial charge < -0.3 is 27.7 Å². The van der Waals surface area contributed by atoms with Crippen LogP contribution in [0.2, 0.25) is 0 Å². The van der Waals surface area contributed by atoms with Crippen molar-refractivity contribution in [1.82, 2.24) is 9.97 Å². The van der Waals surface area contributed by atoms with Gasteiger partial charge in [0.15, 0.2) is 11.5 Å². The monoisotopic (exact) mass is 515 g/mol. The lowest BCUT2D eigenvalue weighted by Crippen LogP contribution is -2.15. The Labute approximate surface area is 217 Å². The normalized spacial score (nSPS) is 11.0. The number of nitrogens with zero attached hydrogens (tertiary/aromatic N) is 2. The maximum absolute atomic E-state index is 12.5. The Hall–Kier alpha value is -4.86. The molecule has 0 aliphatic heterocycles. The second-order valence-electron chi connectivity index (χ2n) is 8.57. The molecule has 0 radical (unpaired) electrons. The number of hydrogen-bond acceptors (Lipinski definition) is 9. The van der Waals surface area contributed by atoms with Crippen molar-refractivity contribution in [1.29, 1.82) is 0 Å². The molecule has 0 aliphatic carbocycles. The number of hydrogen-bond donors (Lipinski definition) is 1. The van der Waals surface area contributed by atoms with E-state index >= 15 is 0 Å². The van der Waals surface area contributed by atoms with Crippen LogP contribution >= 0.6 is 0 Å². The van der Waals surface area contributed by atoms with Crippen LogP contribution in [0.15, 0.2) is 78.7 Å². The Morgan fingerprint density at radius 2 is 1.39 bits per heavy atom. The molecule has 0 fully saturated rings. The first kappa shape index (κ1) is 24.8. The van der Waals surface area contributed by atoms with E-state index in [-0.39, 0.29) is 25.4 Å². The summed E-state index contributed by atoms with van der Waals surface area (Å²) in [5.74, 6) is 2.18. The summed E-state index contributed by atoms with van der Waals surface area (Å²) in [6, 6.07) is 14.3. The van der Waals surface area contributed by atoms with Crippen molar-refractivity contribution in [3.05, 3.63) is 89.5 Å². The molecule has 10 nitrogen and oxygen atoms in total. The van der Waals surface area contributed by atoms with E-state index in [9.17, 15) is 9.59 Å². The summed E-state index contributed by atoms with van der Waals surface area (Å²) in [7, 11) is 0. The van der Waals surface area contributed by atoms with E-state index in [1.807, 2.05) is 12.1 Å². The van der Waals surface area contributed by atoms with Crippen LogP contribution in [0.25, 0.3) is 23.3 Å². The topological polar surface area (TPSA) is 134 Å². The Balaban J connectivity index is 1.07. The predicted octanol–water partition coefficient (Wildman–Crippen LogP) is 5.31. The number of aryl methyl sites for hydroxylation is 2. The number of anilines is 1. The molecule has 0 unspecified atom stereocenters. The zero-order chi connectivity index (χ0) is 26.5. The summed E-state index contributed by atoms with van der Waals surface area (Å²) in [5.41, 5.74) is 2.67. The van der Waals surface area contributed by atoms with Crippen LogP contribution in [0.4, 0.5) is 5.69 Å². The van der Waals surface area contributed by atoms with E-state index in [1.165, 1.54) is 12.5 Å². The van der Waals surface area contributed by atoms with Crippen LogP contribution in [0.3, 0.4) is 0 Å². The number of carbonyl (C=O) groups is 2. The van der Waals surface area contributed by atoms with Gasteiger partial charge in [-0.15, -0.1) is 0 Å². The van der Waals surface area contributed by atoms with Crippen LogP contribution in [0.5, 0.6) is 0 Å². The van der Waals surface area contributed by atoms with Gasteiger partial charge >= 0.3 is 5.97 Å². The molecule has 38 heavy (non-hydrogen) atoms. The van der Waals surface area contributed by atoms with Crippen molar-refractivity contribution in [3.63, 3.8) is 0 Å². The molecule has 4 heterocycles. The van der Waals surface area contributed by atoms with Crippen LogP contribution < -0.4 is 5.32 Å². The minimum absolute atomic E-state index is 0.00894. The molecule has 0 atom stereocenters. The zero-order valence-electron chi connectivity index (χ0n) is 20.9. The van der Waals surface area contributed by atoms with Crippen molar-refractivity contribution < 1.29 is 32.0 Å². The van der Waals surface area contributed by atoms with E-state index in [2.05, 4.69) is 15.3 Å². The van der Waals surface area contributed by atoms with Crippen LogP contribution in [-0.2, 0) is 33.6 Å². The summed E-state index contributed by atoms with van der Waals surface area (Å²) in [6.07, 6.45) is 3.68. The Bertz CT molecular complexity index is 1510. The molecule has 1 aromatic carbocycles. The summed E-state index contributed by atoms with van der Waals surface area (Å²) in [5, 5.41) is 2.86. The predicted molar refractivity (Wildman–Crippen MR) is 135 cm³/mol. The smallest absolute Gasteiger partial charge is 0.312 e. The summed E-state index contributed by atoms with van der Waals surface area (Å²) >= 11 is 0. The summed E-state index contributed by atoms with van der Waals surface area (Å²) < 4.78 is 27.1. The Morgan fingerprint density at radius 3 is 1.95 bits per heavy atom. The van der Waals surface area contributed by atoms with Crippen molar-refractivity contribution in [2.24, 2.45) is 0 Å². The highest BCUT2D eigenvalue weighted by molar-refractivity contribution is 5.92. The van der Waals surface area contributed by atoms with Crippen molar-refractivity contribution >= 4 is 17.6 Å². The van der Waals surface area contributed by atoms with E-state index in [1.54, 1.807) is 50.2 Å². The Kier molecular flexibility index (Phi) is 7.21. The van der Waals surface area contributed by atoms with Gasteiger partial charge in [-0.1, -0.05) is 12.1 Å². The number of nitrogens with one attached hydrogen (secondary N) is 1. The number of benzene rings is 1. The molecular formula is C28H25N3O7. The summed E-state index contributed by atoms with van der Waals surface area (Å²) in [6.45, 7) is 3.72. The molecule has 5 rings (SSSR count). The molecule has 10 heteroatoms. The van der Waals surface area contributed by atoms with Gasteiger partial charge in [0.2, 0.25) is 5.91 Å². The van der Waals surface area contributed by atoms with Crippen molar-refractivity contribution in [2.45, 2.75) is 33.1 Å². The third kappa shape index (κ3) is 5.92. The fraction of sp³-hybridized carbons (Fsp3) is 0.214. The van der Waals surface area contributed by atoms with Crippen LogP contribution in [0, 0.1) is 13.8 Å². The van der Waals surface area contributed by atoms with E-state index in [0.717, 1.165) is 5.56 Å². The van der Waals surface area contributed by atoms with Gasteiger partial charge in [-0.2, -0.15) is 0 Å². The zero-order valence-corrected chi connectivity index (χ0v) is 20.9. The maximum atomic E-state index is 12.5. The number of rotatable bonds is 10. The maximum Gasteiger partial charge on any atom is 0.312 e. The highest BCUT2D eigenvalue weighted by Gasteiger charge is 2.18. The average molecular weight is 516 g/mol. The minimum atomic E-state index is -0.394. The number of amides is 1. The molecule has 1 amide bonds. The number of esters is 1. The van der Waals surface area contributed by atoms with Crippen LogP contribution in [0.1, 0.15) is 28.5 Å². The second-order valence-corrected chi connectivity index (χ2v) is 8.57. The molecular weight excluding hydrogens is 490 g/mol. The highest BCUT2D eigenvalue weighted by Crippen LogP contribution is 2.23. The molecule has 0 bridgehead atoms. The molecule has 5 aromatic rings. The fourth-order valence-electron chi connectivity index (χ4n) is 3.78. The van der Waals surface area contributed by atoms with E-state index < -0.39 is 5.97 Å². The van der Waals surface area contributed by atoms with Gasteiger partial charge in [-0.05, 0) is 55.8 Å². The first-order valence-corrected chi connectivity index (χ1v) is 12.0. The molecule has 4 aromatic heterocycles. The molecule has 0 spiro atoms. The van der Waals surface area contributed by atoms with Gasteiger partial charge in [0.25, 0.3) is 11.8 Å². The Morgan fingerprint density at radius 1 is 0.816 bits per heavy atom. The molecule has 1 N–H and O–H groups in total. The lowest BCUT2D eigenvalue weighted by molar-refractivity contribution is -0.142. The fourth-order valence-corrected chi connectivity index (χ4v) is 3.78. The average Bonchev–Trinajstić information content (AvgIpc) is 3.70. The SMILES string of the molecule is Cc1oc(-c2ccco2)nc1CC(=O)Nc1ccc(CCOC(=O)Cc2nc(-c3ccco3)oc2C)cc1. The van der Waals surface area contributed by atoms with Crippen LogP contribution in [-0.4, -0.2) is 28.5 Å². The number of furan rings is 2. The quantitative estimate of drug-likeness (QED) is 0.246. The number of carbonyl (C=O) groups excluding carboxylic acids is 2. The van der Waals surface area contributed by atoms with E-state index in [0.29, 0.717) is 58.3 Å². The first-order valence-electron chi connectivity index (χ1n) is 12.0. The van der Waals surface area contributed by atoms with Gasteiger partial charge in [0.1, 0.15) is 11.5 Å². The summed E-state index contributed by atoms with van der Waals surface area (Å²) in [4.78, 5) is 33.5. The third-order valence-corrected chi connectivity index (χ3v) is 5.78. The second kappa shape index (κ2) is 11.0. The standard InChI is InChI=1S/C28H25N3O7/c1-17-21(30-27(37-17)23-5-3-12-34-23)15-25(32)29-20-9-7-19(8-10-20)11-14-36-26(33)16-22-18(2)38-28(31-22)24-6-4-13-35-24/h3-10,12-13H,11,14-16H2,1-2H3,(H,29,32). The minimum Gasteiger partial charge on any atom is -0.465 e. The first-order chi connectivity index (χ1) is 18.4. The highest BCUT2D eigenvalue weighted by atomic mass is 16.5. The molecule has 0 saturated carbocycles. The third-order valence-electron chi connectivity index (χ3n) is 5.78. The van der Waals surface area contributed by atoms with Gasteiger partial charge in [-0.25, -0.2) is 9.97 Å². The van der Waals surface area contributed by atoms with Gasteiger partial charge in [0.05, 0.1) is 43.4 Å². The van der Waals surface area contributed by atoms with Crippen molar-refractivity contribution in [3.8, 4) is 23.3 Å². The molecule has 0 saturated heterocycles.